The van der Waals surface area contributed by atoms with Gasteiger partial charge in [0.25, 0.3) is 0 Å². The molecule has 2 heterocycles. The van der Waals surface area contributed by atoms with Crippen LogP contribution in [0.4, 0.5) is 0 Å². The second kappa shape index (κ2) is 6.72. The number of aryl methyl sites for hydroxylation is 1. The van der Waals surface area contributed by atoms with Gasteiger partial charge < -0.3 is 9.84 Å². The molecule has 0 aliphatic heterocycles. The Hall–Kier alpha value is -2.60. The van der Waals surface area contributed by atoms with Gasteiger partial charge in [0.2, 0.25) is 5.88 Å². The molecule has 0 aliphatic carbocycles. The fourth-order valence-corrected chi connectivity index (χ4v) is 2.80. The molecule has 25 heavy (non-hydrogen) atoms. The first-order valence-corrected chi connectivity index (χ1v) is 8.23. The van der Waals surface area contributed by atoms with Gasteiger partial charge in [-0.1, -0.05) is 25.4 Å². The van der Waals surface area contributed by atoms with Crippen molar-refractivity contribution in [3.8, 4) is 17.1 Å². The Balaban J connectivity index is 2.03. The largest absolute Gasteiger partial charge is 0.478 e. The Bertz CT molecular complexity index is 950. The number of hydrogen-bond acceptors (Lipinski definition) is 4. The van der Waals surface area contributed by atoms with Crippen LogP contribution in [0.1, 0.15) is 24.2 Å². The summed E-state index contributed by atoms with van der Waals surface area (Å²) >= 11 is 6.31. The number of carbonyl (C=O) groups is 1. The van der Waals surface area contributed by atoms with E-state index in [1.807, 2.05) is 0 Å². The van der Waals surface area contributed by atoms with Gasteiger partial charge >= 0.3 is 5.97 Å². The van der Waals surface area contributed by atoms with E-state index in [-0.39, 0.29) is 5.56 Å². The van der Waals surface area contributed by atoms with Crippen molar-refractivity contribution in [2.24, 2.45) is 13.0 Å². The summed E-state index contributed by atoms with van der Waals surface area (Å²) in [5, 5.41) is 14.8. The average molecular weight is 360 g/mol. The highest BCUT2D eigenvalue weighted by atomic mass is 35.5. The fourth-order valence-electron chi connectivity index (χ4n) is 2.58. The number of nitrogens with zero attached hydrogens (tertiary/aromatic N) is 3. The minimum absolute atomic E-state index is 0.200. The predicted octanol–water partition coefficient (Wildman–Crippen LogP) is 4.02. The lowest BCUT2D eigenvalue weighted by molar-refractivity contribution is 0.0697. The van der Waals surface area contributed by atoms with Crippen LogP contribution >= 0.6 is 11.6 Å². The molecule has 0 aliphatic rings. The second-order valence-electron chi connectivity index (χ2n) is 6.23. The van der Waals surface area contributed by atoms with E-state index in [9.17, 15) is 4.79 Å². The van der Waals surface area contributed by atoms with Crippen LogP contribution in [0.15, 0.2) is 30.5 Å². The van der Waals surface area contributed by atoms with Crippen molar-refractivity contribution in [1.82, 2.24) is 14.8 Å². The quantitative estimate of drug-likeness (QED) is 0.744. The molecule has 130 valence electrons. The minimum atomic E-state index is -0.981. The Labute approximate surface area is 150 Å². The van der Waals surface area contributed by atoms with Gasteiger partial charge in [-0.3, -0.25) is 4.68 Å². The first-order chi connectivity index (χ1) is 11.9. The number of fused-ring (bicyclic) bond motifs is 1. The Morgan fingerprint density at radius 3 is 2.76 bits per heavy atom. The molecule has 1 aromatic carbocycles. The average Bonchev–Trinajstić information content (AvgIpc) is 2.88. The maximum atomic E-state index is 11.1. The molecule has 0 bridgehead atoms. The van der Waals surface area contributed by atoms with Gasteiger partial charge in [-0.05, 0) is 30.2 Å². The van der Waals surface area contributed by atoms with Crippen molar-refractivity contribution in [3.63, 3.8) is 0 Å². The maximum Gasteiger partial charge on any atom is 0.335 e. The number of aromatic carboxylic acids is 1. The normalized spacial score (nSPS) is 11.2. The first-order valence-electron chi connectivity index (χ1n) is 7.85. The molecule has 7 heteroatoms. The third-order valence-electron chi connectivity index (χ3n) is 3.72. The summed E-state index contributed by atoms with van der Waals surface area (Å²) in [6.45, 7) is 4.64. The second-order valence-corrected chi connectivity index (χ2v) is 6.63. The number of ether oxygens (including phenoxy) is 1. The Morgan fingerprint density at radius 1 is 1.36 bits per heavy atom. The lowest BCUT2D eigenvalue weighted by atomic mass is 10.1. The number of rotatable bonds is 5. The molecule has 0 amide bonds. The van der Waals surface area contributed by atoms with Gasteiger partial charge in [0, 0.05) is 24.2 Å². The minimum Gasteiger partial charge on any atom is -0.478 e. The van der Waals surface area contributed by atoms with Crippen molar-refractivity contribution >= 4 is 28.5 Å². The topological polar surface area (TPSA) is 77.2 Å². The van der Waals surface area contributed by atoms with Gasteiger partial charge in [-0.25, -0.2) is 9.78 Å². The SMILES string of the molecule is CC(C)COc1ncc(-c2c3ccc(C(=O)O)cc3nn2C)cc1Cl. The summed E-state index contributed by atoms with van der Waals surface area (Å²) < 4.78 is 7.29. The van der Waals surface area contributed by atoms with E-state index in [1.54, 1.807) is 42.2 Å². The lowest BCUT2D eigenvalue weighted by Gasteiger charge is -2.10. The summed E-state index contributed by atoms with van der Waals surface area (Å²) in [7, 11) is 1.80. The van der Waals surface area contributed by atoms with Crippen molar-refractivity contribution in [2.45, 2.75) is 13.8 Å². The van der Waals surface area contributed by atoms with Crippen molar-refractivity contribution in [3.05, 3.63) is 41.0 Å². The molecular weight excluding hydrogens is 342 g/mol. The third-order valence-corrected chi connectivity index (χ3v) is 3.99. The van der Waals surface area contributed by atoms with Crippen LogP contribution in [-0.2, 0) is 7.05 Å². The molecule has 0 saturated carbocycles. The highest BCUT2D eigenvalue weighted by molar-refractivity contribution is 6.32. The van der Waals surface area contributed by atoms with E-state index in [4.69, 9.17) is 21.4 Å². The van der Waals surface area contributed by atoms with E-state index in [0.29, 0.717) is 28.9 Å². The molecular formula is C18H18ClN3O3. The van der Waals surface area contributed by atoms with Crippen LogP contribution < -0.4 is 4.74 Å². The number of pyridine rings is 1. The number of benzene rings is 1. The highest BCUT2D eigenvalue weighted by Gasteiger charge is 2.15. The standard InChI is InChI=1S/C18H18ClN3O3/c1-10(2)9-25-17-14(19)6-12(8-20-17)16-13-5-4-11(18(23)24)7-15(13)21-22(16)3/h4-8,10H,9H2,1-3H3,(H,23,24). The molecule has 1 N–H and O–H groups in total. The zero-order valence-corrected chi connectivity index (χ0v) is 14.9. The number of aromatic nitrogens is 3. The Morgan fingerprint density at radius 2 is 2.12 bits per heavy atom. The number of halogens is 1. The molecule has 0 saturated heterocycles. The van der Waals surface area contributed by atoms with Gasteiger partial charge in [-0.2, -0.15) is 5.10 Å². The van der Waals surface area contributed by atoms with Crippen LogP contribution in [0, 0.1) is 5.92 Å². The van der Waals surface area contributed by atoms with Crippen LogP contribution in [0.3, 0.4) is 0 Å². The summed E-state index contributed by atoms with van der Waals surface area (Å²) in [4.78, 5) is 15.4. The van der Waals surface area contributed by atoms with Gasteiger partial charge in [-0.15, -0.1) is 0 Å². The van der Waals surface area contributed by atoms with Crippen molar-refractivity contribution in [1.29, 1.82) is 0 Å². The monoisotopic (exact) mass is 359 g/mol. The third kappa shape index (κ3) is 3.44. The molecule has 2 aromatic heterocycles. The highest BCUT2D eigenvalue weighted by Crippen LogP contribution is 2.32. The van der Waals surface area contributed by atoms with Crippen molar-refractivity contribution in [2.75, 3.05) is 6.61 Å². The molecule has 0 radical (unpaired) electrons. The lowest BCUT2D eigenvalue weighted by Crippen LogP contribution is -2.06. The van der Waals surface area contributed by atoms with Crippen molar-refractivity contribution < 1.29 is 14.6 Å². The summed E-state index contributed by atoms with van der Waals surface area (Å²) in [6, 6.07) is 6.64. The summed E-state index contributed by atoms with van der Waals surface area (Å²) in [5.74, 6) is -0.203. The zero-order chi connectivity index (χ0) is 18.1. The van der Waals surface area contributed by atoms with Crippen LogP contribution in [0.2, 0.25) is 5.02 Å². The predicted molar refractivity (Wildman–Crippen MR) is 96.2 cm³/mol. The molecule has 3 rings (SSSR count). The summed E-state index contributed by atoms with van der Waals surface area (Å²) in [5.41, 5.74) is 2.41. The smallest absolute Gasteiger partial charge is 0.335 e. The molecule has 0 spiro atoms. The fraction of sp³-hybridized carbons (Fsp3) is 0.278. The number of hydrogen-bond donors (Lipinski definition) is 1. The molecule has 0 unspecified atom stereocenters. The van der Waals surface area contributed by atoms with E-state index >= 15 is 0 Å². The van der Waals surface area contributed by atoms with Gasteiger partial charge in [0.05, 0.1) is 23.4 Å². The van der Waals surface area contributed by atoms with E-state index in [0.717, 1.165) is 16.6 Å². The summed E-state index contributed by atoms with van der Waals surface area (Å²) in [6.07, 6.45) is 1.68. The molecule has 3 aromatic rings. The number of carboxylic acid groups (broad SMARTS) is 1. The van der Waals surface area contributed by atoms with E-state index in [2.05, 4.69) is 23.9 Å². The van der Waals surface area contributed by atoms with Gasteiger partial charge in [0.15, 0.2) is 0 Å². The van der Waals surface area contributed by atoms with Crippen LogP contribution in [0.25, 0.3) is 22.2 Å². The zero-order valence-electron chi connectivity index (χ0n) is 14.2. The Kier molecular flexibility index (Phi) is 4.63. The maximum absolute atomic E-state index is 11.1. The molecule has 0 fully saturated rings. The van der Waals surface area contributed by atoms with Gasteiger partial charge in [0.1, 0.15) is 5.02 Å². The van der Waals surface area contributed by atoms with Crippen LogP contribution in [0.5, 0.6) is 5.88 Å². The van der Waals surface area contributed by atoms with E-state index < -0.39 is 5.97 Å². The first kappa shape index (κ1) is 17.2. The van der Waals surface area contributed by atoms with E-state index in [1.165, 1.54) is 0 Å². The molecule has 0 atom stereocenters. The number of carboxylic acids is 1. The van der Waals surface area contributed by atoms with Crippen LogP contribution in [-0.4, -0.2) is 32.4 Å². The molecule has 6 nitrogen and oxygen atoms in total.